The van der Waals surface area contributed by atoms with Crippen molar-refractivity contribution in [2.24, 2.45) is 9.98 Å². The lowest BCUT2D eigenvalue weighted by molar-refractivity contribution is 0.122. The van der Waals surface area contributed by atoms with Crippen molar-refractivity contribution in [3.8, 4) is 17.6 Å². The van der Waals surface area contributed by atoms with Crippen LogP contribution in [-0.4, -0.2) is 53.6 Å². The predicted molar refractivity (Wildman–Crippen MR) is 133 cm³/mol. The minimum atomic E-state index is 0.267. The summed E-state index contributed by atoms with van der Waals surface area (Å²) in [6.07, 6.45) is 8.99. The monoisotopic (exact) mass is 455 g/mol. The molecular formula is C24H25N9O. The van der Waals surface area contributed by atoms with Crippen LogP contribution in [0.2, 0.25) is 0 Å². The number of nitrogens with one attached hydrogen (secondary N) is 2. The van der Waals surface area contributed by atoms with E-state index in [1.165, 1.54) is 0 Å². The molecule has 0 unspecified atom stereocenters. The molecule has 1 aliphatic heterocycles. The van der Waals surface area contributed by atoms with Crippen molar-refractivity contribution in [1.29, 1.82) is 5.26 Å². The zero-order valence-corrected chi connectivity index (χ0v) is 18.8. The lowest BCUT2D eigenvalue weighted by Crippen LogP contribution is -2.37. The first-order chi connectivity index (χ1) is 16.7. The second kappa shape index (κ2) is 10.9. The number of hydrogen-bond donors (Lipinski definition) is 2. The Morgan fingerprint density at radius 1 is 1.24 bits per heavy atom. The molecule has 2 aromatic heterocycles. The second-order valence-electron chi connectivity index (χ2n) is 7.33. The number of guanidine groups is 1. The van der Waals surface area contributed by atoms with E-state index in [1.54, 1.807) is 12.3 Å². The molecule has 4 rings (SSSR count). The molecule has 34 heavy (non-hydrogen) atoms. The number of aliphatic imine (C=N–C) groups is 2. The Morgan fingerprint density at radius 2 is 2.03 bits per heavy atom. The van der Waals surface area contributed by atoms with Crippen LogP contribution < -0.4 is 15.5 Å². The summed E-state index contributed by atoms with van der Waals surface area (Å²) < 4.78 is 7.34. The number of aromatic nitrogens is 3. The lowest BCUT2D eigenvalue weighted by Gasteiger charge is -2.28. The van der Waals surface area contributed by atoms with Crippen LogP contribution in [0.5, 0.6) is 0 Å². The highest BCUT2D eigenvalue weighted by Crippen LogP contribution is 2.25. The van der Waals surface area contributed by atoms with Gasteiger partial charge in [0.2, 0.25) is 5.96 Å². The number of benzene rings is 1. The standard InChI is InChI=1S/C24H25N9O/c1-3-5-20(16-26-2)29-24(27-17-25)28-19-9-7-18(8-10-19)22-30-23(32-12-14-34-15-13-32)21-6-4-11-33(21)31-22/h3-11,16H,2,12-15H2,1H3,(H2,27,28,29)/b5-3-,20-16+. The van der Waals surface area contributed by atoms with Gasteiger partial charge in [0.15, 0.2) is 17.8 Å². The first-order valence-electron chi connectivity index (χ1n) is 10.8. The molecule has 0 atom stereocenters. The Balaban J connectivity index is 1.62. The largest absolute Gasteiger partial charge is 0.378 e. The number of fused-ring (bicyclic) bond motifs is 1. The summed E-state index contributed by atoms with van der Waals surface area (Å²) in [5.74, 6) is 1.77. The van der Waals surface area contributed by atoms with E-state index in [2.05, 4.69) is 37.3 Å². The van der Waals surface area contributed by atoms with Gasteiger partial charge in [0, 0.05) is 31.0 Å². The van der Waals surface area contributed by atoms with E-state index in [1.807, 2.05) is 66.3 Å². The Bertz CT molecular complexity index is 1280. The van der Waals surface area contributed by atoms with Crippen LogP contribution in [0.1, 0.15) is 6.92 Å². The molecule has 0 saturated carbocycles. The summed E-state index contributed by atoms with van der Waals surface area (Å²) >= 11 is 0. The second-order valence-corrected chi connectivity index (χ2v) is 7.33. The predicted octanol–water partition coefficient (Wildman–Crippen LogP) is 3.00. The average Bonchev–Trinajstić information content (AvgIpc) is 3.34. The van der Waals surface area contributed by atoms with Gasteiger partial charge in [-0.2, -0.15) is 5.26 Å². The molecule has 0 aliphatic carbocycles. The van der Waals surface area contributed by atoms with Crippen molar-refractivity contribution in [3.63, 3.8) is 0 Å². The highest BCUT2D eigenvalue weighted by Gasteiger charge is 2.18. The number of nitriles is 1. The number of nitrogens with zero attached hydrogens (tertiary/aromatic N) is 7. The highest BCUT2D eigenvalue weighted by atomic mass is 16.5. The molecule has 0 bridgehead atoms. The Hall–Kier alpha value is -4.49. The van der Waals surface area contributed by atoms with E-state index >= 15 is 0 Å². The number of ether oxygens (including phenoxy) is 1. The molecule has 0 amide bonds. The van der Waals surface area contributed by atoms with E-state index < -0.39 is 0 Å². The zero-order chi connectivity index (χ0) is 23.8. The van der Waals surface area contributed by atoms with Crippen molar-refractivity contribution in [2.75, 3.05) is 31.2 Å². The number of hydrogen-bond acceptors (Lipinski definition) is 7. The van der Waals surface area contributed by atoms with E-state index in [4.69, 9.17) is 15.0 Å². The fraction of sp³-hybridized carbons (Fsp3) is 0.208. The van der Waals surface area contributed by atoms with Crippen LogP contribution in [0.4, 0.5) is 11.5 Å². The van der Waals surface area contributed by atoms with Gasteiger partial charge in [0.05, 0.1) is 24.6 Å². The Labute approximate surface area is 197 Å². The van der Waals surface area contributed by atoms with Gasteiger partial charge in [-0.3, -0.25) is 10.3 Å². The maximum Gasteiger partial charge on any atom is 0.214 e. The Kier molecular flexibility index (Phi) is 7.27. The Morgan fingerprint density at radius 3 is 2.74 bits per heavy atom. The summed E-state index contributed by atoms with van der Waals surface area (Å²) in [7, 11) is 0. The van der Waals surface area contributed by atoms with Gasteiger partial charge in [-0.15, -0.1) is 5.10 Å². The minimum absolute atomic E-state index is 0.267. The van der Waals surface area contributed by atoms with Gasteiger partial charge in [-0.05, 0) is 56.1 Å². The molecule has 10 nitrogen and oxygen atoms in total. The lowest BCUT2D eigenvalue weighted by atomic mass is 10.2. The van der Waals surface area contributed by atoms with Crippen LogP contribution in [0.25, 0.3) is 16.9 Å². The van der Waals surface area contributed by atoms with Crippen LogP contribution in [-0.2, 0) is 4.74 Å². The number of anilines is 1. The molecule has 10 heteroatoms. The molecule has 172 valence electrons. The van der Waals surface area contributed by atoms with Gasteiger partial charge < -0.3 is 15.0 Å². The average molecular weight is 456 g/mol. The van der Waals surface area contributed by atoms with Crippen molar-refractivity contribution in [3.05, 3.63) is 66.6 Å². The summed E-state index contributed by atoms with van der Waals surface area (Å²) in [6.45, 7) is 8.28. The third kappa shape index (κ3) is 5.28. The van der Waals surface area contributed by atoms with E-state index in [-0.39, 0.29) is 5.96 Å². The van der Waals surface area contributed by atoms with E-state index in [0.29, 0.717) is 30.4 Å². The molecule has 3 aromatic rings. The molecule has 3 heterocycles. The smallest absolute Gasteiger partial charge is 0.214 e. The maximum absolute atomic E-state index is 9.10. The molecule has 1 aliphatic rings. The summed E-state index contributed by atoms with van der Waals surface area (Å²) in [4.78, 5) is 15.3. The third-order valence-corrected chi connectivity index (χ3v) is 5.06. The van der Waals surface area contributed by atoms with Crippen LogP contribution in [0.3, 0.4) is 0 Å². The van der Waals surface area contributed by atoms with Crippen molar-refractivity contribution >= 4 is 29.7 Å². The maximum atomic E-state index is 9.10. The summed E-state index contributed by atoms with van der Waals surface area (Å²) in [6, 6.07) is 11.5. The first-order valence-corrected chi connectivity index (χ1v) is 10.8. The van der Waals surface area contributed by atoms with Crippen LogP contribution in [0.15, 0.2) is 76.6 Å². The topological polar surface area (TPSA) is 115 Å². The quantitative estimate of drug-likeness (QED) is 0.193. The van der Waals surface area contributed by atoms with Gasteiger partial charge in [-0.25, -0.2) is 14.5 Å². The van der Waals surface area contributed by atoms with Gasteiger partial charge in [0.1, 0.15) is 5.52 Å². The summed E-state index contributed by atoms with van der Waals surface area (Å²) in [5, 5.41) is 19.3. The number of allylic oxidation sites excluding steroid dienone is 2. The zero-order valence-electron chi connectivity index (χ0n) is 18.8. The van der Waals surface area contributed by atoms with E-state index in [0.717, 1.165) is 30.0 Å². The van der Waals surface area contributed by atoms with Gasteiger partial charge in [-0.1, -0.05) is 6.08 Å². The highest BCUT2D eigenvalue weighted by molar-refractivity contribution is 5.86. The first kappa shape index (κ1) is 22.7. The fourth-order valence-corrected chi connectivity index (χ4v) is 3.53. The van der Waals surface area contributed by atoms with Crippen molar-refractivity contribution < 1.29 is 4.74 Å². The van der Waals surface area contributed by atoms with Gasteiger partial charge in [0.25, 0.3) is 0 Å². The van der Waals surface area contributed by atoms with Gasteiger partial charge >= 0.3 is 0 Å². The van der Waals surface area contributed by atoms with Crippen molar-refractivity contribution in [2.45, 2.75) is 6.92 Å². The molecule has 1 aromatic carbocycles. The number of rotatable bonds is 6. The summed E-state index contributed by atoms with van der Waals surface area (Å²) in [5.41, 5.74) is 3.11. The van der Waals surface area contributed by atoms with Crippen LogP contribution in [0, 0.1) is 11.5 Å². The minimum Gasteiger partial charge on any atom is -0.378 e. The normalized spacial score (nSPS) is 14.9. The van der Waals surface area contributed by atoms with Crippen molar-refractivity contribution in [1.82, 2.24) is 25.2 Å². The van der Waals surface area contributed by atoms with Crippen LogP contribution >= 0.6 is 0 Å². The molecule has 0 radical (unpaired) electrons. The number of morpholine rings is 1. The fourth-order valence-electron chi connectivity index (χ4n) is 3.53. The van der Waals surface area contributed by atoms with E-state index in [9.17, 15) is 0 Å². The molecule has 1 fully saturated rings. The molecule has 2 N–H and O–H groups in total. The molecule has 1 saturated heterocycles. The SMILES string of the molecule is C=N/C=C(\C=C/C)NC(=Nc1ccc(-c2nc(N3CCOCC3)c3cccn3n2)cc1)NC#N. The molecule has 0 spiro atoms. The molecular weight excluding hydrogens is 430 g/mol. The third-order valence-electron chi connectivity index (χ3n) is 5.06.